The third-order valence-electron chi connectivity index (χ3n) is 1.77. The van der Waals surface area contributed by atoms with Crippen molar-refractivity contribution in [3.05, 3.63) is 18.0 Å². The number of nitrogen functional groups attached to an aromatic ring is 1. The van der Waals surface area contributed by atoms with Gasteiger partial charge in [-0.25, -0.2) is 9.97 Å². The Balaban J connectivity index is 2.75. The minimum Gasteiger partial charge on any atom is -0.389 e. The van der Waals surface area contributed by atoms with E-state index in [-0.39, 0.29) is 18.1 Å². The number of carbonyl (C=O) groups excluding carboxylic acids is 1. The number of rotatable bonds is 4. The van der Waals surface area contributed by atoms with E-state index in [1.54, 1.807) is 0 Å². The molecule has 0 aliphatic heterocycles. The monoisotopic (exact) mass is 212 g/mol. The van der Waals surface area contributed by atoms with E-state index < -0.39 is 18.1 Å². The summed E-state index contributed by atoms with van der Waals surface area (Å²) in [6.07, 6.45) is -1.59. The molecule has 7 nitrogen and oxygen atoms in total. The van der Waals surface area contributed by atoms with Crippen LogP contribution < -0.4 is 11.5 Å². The first-order valence-electron chi connectivity index (χ1n) is 4.23. The van der Waals surface area contributed by atoms with Crippen LogP contribution in [0.2, 0.25) is 0 Å². The van der Waals surface area contributed by atoms with Gasteiger partial charge in [0.25, 0.3) is 0 Å². The van der Waals surface area contributed by atoms with Crippen LogP contribution in [0.4, 0.5) is 5.95 Å². The summed E-state index contributed by atoms with van der Waals surface area (Å²) in [6.45, 7) is 0. The van der Waals surface area contributed by atoms with Gasteiger partial charge in [-0.2, -0.15) is 0 Å². The van der Waals surface area contributed by atoms with Gasteiger partial charge in [0.1, 0.15) is 6.10 Å². The number of hydrogen-bond donors (Lipinski definition) is 4. The Labute approximate surface area is 85.8 Å². The van der Waals surface area contributed by atoms with Crippen LogP contribution in [0.5, 0.6) is 0 Å². The van der Waals surface area contributed by atoms with Crippen molar-refractivity contribution in [2.45, 2.75) is 18.6 Å². The molecule has 0 radical (unpaired) electrons. The summed E-state index contributed by atoms with van der Waals surface area (Å²) in [6, 6.07) is 1.39. The highest BCUT2D eigenvalue weighted by Crippen LogP contribution is 2.16. The molecule has 0 fully saturated rings. The molecule has 1 rings (SSSR count). The lowest BCUT2D eigenvalue weighted by Crippen LogP contribution is -2.26. The highest BCUT2D eigenvalue weighted by atomic mass is 16.3. The van der Waals surface area contributed by atoms with E-state index in [1.807, 2.05) is 0 Å². The van der Waals surface area contributed by atoms with E-state index in [0.29, 0.717) is 0 Å². The molecule has 6 N–H and O–H groups in total. The molecule has 7 heteroatoms. The van der Waals surface area contributed by atoms with Crippen LogP contribution in [0.3, 0.4) is 0 Å². The number of primary amides is 1. The number of aromatic nitrogens is 2. The summed E-state index contributed by atoms with van der Waals surface area (Å²) >= 11 is 0. The maximum atomic E-state index is 10.5. The van der Waals surface area contributed by atoms with Crippen molar-refractivity contribution in [2.75, 3.05) is 5.73 Å². The van der Waals surface area contributed by atoms with Gasteiger partial charge in [0.05, 0.1) is 18.2 Å². The molecule has 2 unspecified atom stereocenters. The van der Waals surface area contributed by atoms with Gasteiger partial charge in [0, 0.05) is 6.20 Å². The van der Waals surface area contributed by atoms with Crippen LogP contribution in [-0.4, -0.2) is 32.2 Å². The quantitative estimate of drug-likeness (QED) is 0.471. The number of amides is 1. The summed E-state index contributed by atoms with van der Waals surface area (Å²) in [7, 11) is 0. The molecule has 0 aliphatic rings. The van der Waals surface area contributed by atoms with Gasteiger partial charge in [-0.3, -0.25) is 4.79 Å². The Morgan fingerprint density at radius 1 is 1.53 bits per heavy atom. The molecule has 0 aliphatic carbocycles. The van der Waals surface area contributed by atoms with Gasteiger partial charge >= 0.3 is 0 Å². The van der Waals surface area contributed by atoms with Crippen molar-refractivity contribution in [1.29, 1.82) is 0 Å². The fourth-order valence-corrected chi connectivity index (χ4v) is 1.07. The summed E-state index contributed by atoms with van der Waals surface area (Å²) in [5.74, 6) is -0.721. The normalized spacial score (nSPS) is 14.5. The third-order valence-corrected chi connectivity index (χ3v) is 1.77. The molecular weight excluding hydrogens is 200 g/mol. The Morgan fingerprint density at radius 3 is 2.73 bits per heavy atom. The first-order valence-corrected chi connectivity index (χ1v) is 4.23. The molecule has 1 aromatic heterocycles. The lowest BCUT2D eigenvalue weighted by Gasteiger charge is -2.15. The maximum absolute atomic E-state index is 10.5. The van der Waals surface area contributed by atoms with Gasteiger partial charge < -0.3 is 21.7 Å². The van der Waals surface area contributed by atoms with Gasteiger partial charge in [-0.05, 0) is 6.07 Å². The number of nitrogens with zero attached hydrogens (tertiary/aromatic N) is 2. The zero-order valence-electron chi connectivity index (χ0n) is 7.87. The Hall–Kier alpha value is -1.73. The molecule has 2 atom stereocenters. The fourth-order valence-electron chi connectivity index (χ4n) is 1.07. The van der Waals surface area contributed by atoms with Crippen LogP contribution in [0, 0.1) is 0 Å². The Morgan fingerprint density at radius 2 is 2.20 bits per heavy atom. The third kappa shape index (κ3) is 3.15. The zero-order valence-corrected chi connectivity index (χ0v) is 7.87. The van der Waals surface area contributed by atoms with Gasteiger partial charge in [-0.15, -0.1) is 0 Å². The molecule has 1 aromatic rings. The predicted molar refractivity (Wildman–Crippen MR) is 51.2 cm³/mol. The maximum Gasteiger partial charge on any atom is 0.220 e. The summed E-state index contributed by atoms with van der Waals surface area (Å²) in [4.78, 5) is 17.8. The Bertz CT molecular complexity index is 357. The molecule has 0 spiro atoms. The molecule has 1 amide bonds. The van der Waals surface area contributed by atoms with Gasteiger partial charge in [0.15, 0.2) is 0 Å². The average molecular weight is 212 g/mol. The first kappa shape index (κ1) is 11.3. The topological polar surface area (TPSA) is 135 Å². The van der Waals surface area contributed by atoms with Crippen molar-refractivity contribution in [1.82, 2.24) is 9.97 Å². The first-order chi connectivity index (χ1) is 7.00. The molecule has 0 aromatic carbocycles. The molecule has 0 saturated carbocycles. The largest absolute Gasteiger partial charge is 0.389 e. The minimum atomic E-state index is -1.30. The fraction of sp³-hybridized carbons (Fsp3) is 0.375. The van der Waals surface area contributed by atoms with Crippen molar-refractivity contribution in [3.8, 4) is 0 Å². The van der Waals surface area contributed by atoms with E-state index in [1.165, 1.54) is 12.3 Å². The lowest BCUT2D eigenvalue weighted by molar-refractivity contribution is -0.121. The van der Waals surface area contributed by atoms with Gasteiger partial charge in [0.2, 0.25) is 11.9 Å². The van der Waals surface area contributed by atoms with Gasteiger partial charge in [-0.1, -0.05) is 0 Å². The van der Waals surface area contributed by atoms with Crippen LogP contribution in [-0.2, 0) is 4.79 Å². The van der Waals surface area contributed by atoms with E-state index in [4.69, 9.17) is 11.5 Å². The van der Waals surface area contributed by atoms with Crippen molar-refractivity contribution in [2.24, 2.45) is 5.73 Å². The SMILES string of the molecule is NC(=O)CC(O)C(O)c1ccnc(N)n1. The predicted octanol–water partition coefficient (Wildman–Crippen LogP) is -1.67. The molecule has 15 heavy (non-hydrogen) atoms. The molecule has 0 bridgehead atoms. The van der Waals surface area contributed by atoms with Crippen molar-refractivity contribution in [3.63, 3.8) is 0 Å². The van der Waals surface area contributed by atoms with Crippen LogP contribution in [0.15, 0.2) is 12.3 Å². The molecule has 0 saturated heterocycles. The van der Waals surface area contributed by atoms with E-state index in [2.05, 4.69) is 9.97 Å². The average Bonchev–Trinajstić information content (AvgIpc) is 2.15. The molecule has 82 valence electrons. The number of anilines is 1. The summed E-state index contributed by atoms with van der Waals surface area (Å²) in [5, 5.41) is 18.9. The van der Waals surface area contributed by atoms with Crippen molar-refractivity contribution < 1.29 is 15.0 Å². The van der Waals surface area contributed by atoms with Crippen LogP contribution in [0.1, 0.15) is 18.2 Å². The number of aliphatic hydroxyl groups is 2. The highest BCUT2D eigenvalue weighted by molar-refractivity contribution is 5.74. The lowest BCUT2D eigenvalue weighted by atomic mass is 10.1. The number of carbonyl (C=O) groups is 1. The molecule has 1 heterocycles. The van der Waals surface area contributed by atoms with Crippen molar-refractivity contribution >= 4 is 11.9 Å². The smallest absolute Gasteiger partial charge is 0.220 e. The zero-order chi connectivity index (χ0) is 11.4. The van der Waals surface area contributed by atoms with Crippen LogP contribution >= 0.6 is 0 Å². The summed E-state index contributed by atoms with van der Waals surface area (Å²) in [5.41, 5.74) is 10.3. The van der Waals surface area contributed by atoms with E-state index >= 15 is 0 Å². The minimum absolute atomic E-state index is 0.0159. The number of hydrogen-bond acceptors (Lipinski definition) is 6. The summed E-state index contributed by atoms with van der Waals surface area (Å²) < 4.78 is 0. The second kappa shape index (κ2) is 4.67. The second-order valence-electron chi connectivity index (χ2n) is 3.02. The molecular formula is C8H12N4O3. The number of aliphatic hydroxyl groups excluding tert-OH is 2. The number of nitrogens with two attached hydrogens (primary N) is 2. The highest BCUT2D eigenvalue weighted by Gasteiger charge is 2.21. The van der Waals surface area contributed by atoms with Crippen LogP contribution in [0.25, 0.3) is 0 Å². The second-order valence-corrected chi connectivity index (χ2v) is 3.02. The Kier molecular flexibility index (Phi) is 3.53. The van der Waals surface area contributed by atoms with E-state index in [9.17, 15) is 15.0 Å². The standard InChI is InChI=1S/C8H12N4O3/c9-6(14)3-5(13)7(15)4-1-2-11-8(10)12-4/h1-2,5,7,13,15H,3H2,(H2,9,14)(H2,10,11,12). The van der Waals surface area contributed by atoms with E-state index in [0.717, 1.165) is 0 Å².